The zero-order chi connectivity index (χ0) is 12.7. The van der Waals surface area contributed by atoms with E-state index >= 15 is 0 Å². The average molecular weight is 239 g/mol. The lowest BCUT2D eigenvalue weighted by Gasteiger charge is -2.10. The van der Waals surface area contributed by atoms with Gasteiger partial charge in [0.05, 0.1) is 0 Å². The summed E-state index contributed by atoms with van der Waals surface area (Å²) in [6, 6.07) is 5.58. The van der Waals surface area contributed by atoms with Gasteiger partial charge in [0.15, 0.2) is 6.29 Å². The van der Waals surface area contributed by atoms with Crippen LogP contribution in [0.1, 0.15) is 30.9 Å². The lowest BCUT2D eigenvalue weighted by Crippen LogP contribution is -2.25. The van der Waals surface area contributed by atoms with Crippen molar-refractivity contribution in [2.45, 2.75) is 39.0 Å². The number of benzene rings is 1. The second-order valence-electron chi connectivity index (χ2n) is 4.18. The van der Waals surface area contributed by atoms with E-state index in [1.807, 2.05) is 12.1 Å². The molecule has 0 aliphatic carbocycles. The first-order valence-electron chi connectivity index (χ1n) is 6.01. The second-order valence-corrected chi connectivity index (χ2v) is 4.18. The predicted octanol–water partition coefficient (Wildman–Crippen LogP) is 1.14. The minimum Gasteiger partial charge on any atom is -0.508 e. The van der Waals surface area contributed by atoms with Crippen molar-refractivity contribution in [2.75, 3.05) is 6.54 Å². The molecule has 0 saturated carbocycles. The number of aromatic hydroxyl groups is 1. The summed E-state index contributed by atoms with van der Waals surface area (Å²) < 4.78 is 0. The molecule has 0 radical (unpaired) electrons. The van der Waals surface area contributed by atoms with E-state index in [1.165, 1.54) is 5.56 Å². The fourth-order valence-corrected chi connectivity index (χ4v) is 1.65. The van der Waals surface area contributed by atoms with E-state index in [1.54, 1.807) is 6.07 Å². The number of aliphatic hydroxyl groups is 2. The minimum absolute atomic E-state index is 0.0959. The third kappa shape index (κ3) is 5.17. The van der Waals surface area contributed by atoms with Gasteiger partial charge in [-0.05, 0) is 24.5 Å². The summed E-state index contributed by atoms with van der Waals surface area (Å²) in [5.74, 6) is 0.241. The van der Waals surface area contributed by atoms with Crippen LogP contribution in [0.5, 0.6) is 5.75 Å². The highest BCUT2D eigenvalue weighted by molar-refractivity contribution is 5.36. The molecule has 4 nitrogen and oxygen atoms in total. The van der Waals surface area contributed by atoms with E-state index in [0.717, 1.165) is 24.8 Å². The van der Waals surface area contributed by atoms with E-state index in [0.29, 0.717) is 6.54 Å². The van der Waals surface area contributed by atoms with Gasteiger partial charge in [0.25, 0.3) is 0 Å². The largest absolute Gasteiger partial charge is 0.508 e. The van der Waals surface area contributed by atoms with E-state index in [-0.39, 0.29) is 12.3 Å². The number of rotatable bonds is 7. The molecular weight excluding hydrogens is 218 g/mol. The van der Waals surface area contributed by atoms with Crippen LogP contribution in [0.25, 0.3) is 0 Å². The number of phenolic OH excluding ortho intramolecular Hbond substituents is 1. The van der Waals surface area contributed by atoms with Gasteiger partial charge in [-0.15, -0.1) is 0 Å². The molecule has 0 aliphatic rings. The van der Waals surface area contributed by atoms with Crippen molar-refractivity contribution in [2.24, 2.45) is 0 Å². The SMILES string of the molecule is CCCCc1ccc(O)c(CNCC(O)O)c1. The zero-order valence-corrected chi connectivity index (χ0v) is 10.2. The highest BCUT2D eigenvalue weighted by Crippen LogP contribution is 2.19. The normalized spacial score (nSPS) is 11.1. The molecule has 0 unspecified atom stereocenters. The van der Waals surface area contributed by atoms with Crippen molar-refractivity contribution in [3.05, 3.63) is 29.3 Å². The van der Waals surface area contributed by atoms with Crippen molar-refractivity contribution >= 4 is 0 Å². The second kappa shape index (κ2) is 7.27. The van der Waals surface area contributed by atoms with Gasteiger partial charge in [0, 0.05) is 18.7 Å². The molecule has 96 valence electrons. The van der Waals surface area contributed by atoms with Crippen LogP contribution >= 0.6 is 0 Å². The number of aliphatic hydroxyl groups excluding tert-OH is 1. The smallest absolute Gasteiger partial charge is 0.164 e. The lowest BCUT2D eigenvalue weighted by molar-refractivity contribution is -0.0374. The molecule has 1 aromatic carbocycles. The quantitative estimate of drug-likeness (QED) is 0.538. The Hall–Kier alpha value is -1.10. The number of hydrogen-bond acceptors (Lipinski definition) is 4. The van der Waals surface area contributed by atoms with Gasteiger partial charge in [-0.25, -0.2) is 0 Å². The molecule has 0 spiro atoms. The van der Waals surface area contributed by atoms with Crippen LogP contribution in [0.2, 0.25) is 0 Å². The molecule has 0 heterocycles. The standard InChI is InChI=1S/C13H21NO3/c1-2-3-4-10-5-6-12(15)11(7-10)8-14-9-13(16)17/h5-7,13-17H,2-4,8-9H2,1H3. The number of aryl methyl sites for hydroxylation is 1. The van der Waals surface area contributed by atoms with Crippen LogP contribution in [0.4, 0.5) is 0 Å². The molecule has 0 aromatic heterocycles. The highest BCUT2D eigenvalue weighted by atomic mass is 16.5. The summed E-state index contributed by atoms with van der Waals surface area (Å²) in [6.07, 6.45) is 1.92. The molecule has 0 bridgehead atoms. The Balaban J connectivity index is 2.56. The Kier molecular flexibility index (Phi) is 5.97. The van der Waals surface area contributed by atoms with E-state index in [4.69, 9.17) is 10.2 Å². The van der Waals surface area contributed by atoms with Crippen LogP contribution < -0.4 is 5.32 Å². The third-order valence-electron chi connectivity index (χ3n) is 2.61. The summed E-state index contributed by atoms with van der Waals surface area (Å²) in [5, 5.41) is 29.9. The zero-order valence-electron chi connectivity index (χ0n) is 10.2. The molecule has 0 fully saturated rings. The van der Waals surface area contributed by atoms with Gasteiger partial charge in [-0.2, -0.15) is 0 Å². The van der Waals surface area contributed by atoms with Gasteiger partial charge in [-0.1, -0.05) is 25.5 Å². The van der Waals surface area contributed by atoms with Gasteiger partial charge < -0.3 is 20.6 Å². The molecule has 4 heteroatoms. The summed E-state index contributed by atoms with van der Waals surface area (Å²) >= 11 is 0. The highest BCUT2D eigenvalue weighted by Gasteiger charge is 2.04. The Morgan fingerprint density at radius 3 is 2.71 bits per heavy atom. The van der Waals surface area contributed by atoms with E-state index in [2.05, 4.69) is 12.2 Å². The molecule has 0 saturated heterocycles. The third-order valence-corrected chi connectivity index (χ3v) is 2.61. The first-order chi connectivity index (χ1) is 8.13. The lowest BCUT2D eigenvalue weighted by atomic mass is 10.0. The molecule has 1 rings (SSSR count). The van der Waals surface area contributed by atoms with Gasteiger partial charge in [0.1, 0.15) is 5.75 Å². The maximum Gasteiger partial charge on any atom is 0.164 e. The van der Waals surface area contributed by atoms with E-state index < -0.39 is 6.29 Å². The van der Waals surface area contributed by atoms with Crippen molar-refractivity contribution in [1.29, 1.82) is 0 Å². The Morgan fingerprint density at radius 1 is 1.29 bits per heavy atom. The average Bonchev–Trinajstić information content (AvgIpc) is 2.29. The molecular formula is C13H21NO3. The number of phenols is 1. The molecule has 1 aromatic rings. The summed E-state index contributed by atoms with van der Waals surface area (Å²) in [5.41, 5.74) is 1.99. The Bertz CT molecular complexity index is 339. The topological polar surface area (TPSA) is 72.7 Å². The Labute approximate surface area is 102 Å². The number of nitrogens with one attached hydrogen (secondary N) is 1. The maximum absolute atomic E-state index is 9.66. The summed E-state index contributed by atoms with van der Waals surface area (Å²) in [6.45, 7) is 2.67. The van der Waals surface area contributed by atoms with Crippen LogP contribution in [0, 0.1) is 0 Å². The van der Waals surface area contributed by atoms with Gasteiger partial charge >= 0.3 is 0 Å². The summed E-state index contributed by atoms with van der Waals surface area (Å²) in [7, 11) is 0. The molecule has 0 atom stereocenters. The number of hydrogen-bond donors (Lipinski definition) is 4. The van der Waals surface area contributed by atoms with Crippen LogP contribution in [-0.2, 0) is 13.0 Å². The van der Waals surface area contributed by atoms with Gasteiger partial charge in [-0.3, -0.25) is 0 Å². The molecule has 17 heavy (non-hydrogen) atoms. The van der Waals surface area contributed by atoms with Crippen LogP contribution in [0.15, 0.2) is 18.2 Å². The van der Waals surface area contributed by atoms with Crippen molar-refractivity contribution in [1.82, 2.24) is 5.32 Å². The molecule has 4 N–H and O–H groups in total. The van der Waals surface area contributed by atoms with E-state index in [9.17, 15) is 5.11 Å². The molecule has 0 amide bonds. The first kappa shape index (κ1) is 14.0. The maximum atomic E-state index is 9.66. The molecule has 0 aliphatic heterocycles. The number of unbranched alkanes of at least 4 members (excludes halogenated alkanes) is 1. The minimum atomic E-state index is -1.36. The van der Waals surface area contributed by atoms with Crippen molar-refractivity contribution in [3.63, 3.8) is 0 Å². The van der Waals surface area contributed by atoms with Crippen molar-refractivity contribution < 1.29 is 15.3 Å². The monoisotopic (exact) mass is 239 g/mol. The van der Waals surface area contributed by atoms with Crippen LogP contribution in [-0.4, -0.2) is 28.2 Å². The Morgan fingerprint density at radius 2 is 2.06 bits per heavy atom. The first-order valence-corrected chi connectivity index (χ1v) is 6.01. The fourth-order valence-electron chi connectivity index (χ4n) is 1.65. The van der Waals surface area contributed by atoms with Gasteiger partial charge in [0.2, 0.25) is 0 Å². The summed E-state index contributed by atoms with van der Waals surface area (Å²) in [4.78, 5) is 0. The predicted molar refractivity (Wildman–Crippen MR) is 66.7 cm³/mol. The fraction of sp³-hybridized carbons (Fsp3) is 0.538. The van der Waals surface area contributed by atoms with Crippen molar-refractivity contribution in [3.8, 4) is 5.75 Å². The van der Waals surface area contributed by atoms with Crippen LogP contribution in [0.3, 0.4) is 0 Å².